The van der Waals surface area contributed by atoms with Crippen molar-refractivity contribution in [2.75, 3.05) is 19.4 Å². The van der Waals surface area contributed by atoms with E-state index in [1.165, 1.54) is 38.4 Å². The van der Waals surface area contributed by atoms with Gasteiger partial charge in [-0.3, -0.25) is 4.79 Å². The number of carbonyl (C=O) groups is 1. The highest BCUT2D eigenvalue weighted by molar-refractivity contribution is 7.89. The number of nitrogens with zero attached hydrogens (tertiary/aromatic N) is 4. The molecule has 1 N–H and O–H groups in total. The maximum Gasteiger partial charge on any atom is 0.255 e. The van der Waals surface area contributed by atoms with E-state index in [4.69, 9.17) is 0 Å². The second kappa shape index (κ2) is 7.29. The van der Waals surface area contributed by atoms with Crippen LogP contribution in [0.25, 0.3) is 11.4 Å². The lowest BCUT2D eigenvalue weighted by Gasteiger charge is -2.12. The van der Waals surface area contributed by atoms with Gasteiger partial charge in [0.1, 0.15) is 6.33 Å². The molecule has 1 aromatic heterocycles. The van der Waals surface area contributed by atoms with Gasteiger partial charge in [0, 0.05) is 38.0 Å². The fraction of sp³-hybridized carbons (Fsp3) is 0.167. The summed E-state index contributed by atoms with van der Waals surface area (Å²) in [6.45, 7) is 0. The minimum atomic E-state index is -3.53. The first-order chi connectivity index (χ1) is 12.8. The predicted molar refractivity (Wildman–Crippen MR) is 102 cm³/mol. The van der Waals surface area contributed by atoms with Crippen molar-refractivity contribution in [3.05, 3.63) is 60.4 Å². The van der Waals surface area contributed by atoms with Crippen molar-refractivity contribution >= 4 is 21.6 Å². The number of nitrogens with one attached hydrogen (secondary N) is 1. The summed E-state index contributed by atoms with van der Waals surface area (Å²) in [6, 6.07) is 13.1. The number of rotatable bonds is 5. The molecule has 0 unspecified atom stereocenters. The summed E-state index contributed by atoms with van der Waals surface area (Å²) >= 11 is 0. The number of hydrogen-bond donors (Lipinski definition) is 1. The Bertz CT molecular complexity index is 1070. The largest absolute Gasteiger partial charge is 0.322 e. The van der Waals surface area contributed by atoms with Gasteiger partial charge in [0.05, 0.1) is 4.90 Å². The third-order valence-corrected chi connectivity index (χ3v) is 5.81. The van der Waals surface area contributed by atoms with E-state index in [0.717, 1.165) is 9.87 Å². The van der Waals surface area contributed by atoms with Gasteiger partial charge >= 0.3 is 0 Å². The third kappa shape index (κ3) is 3.88. The molecule has 1 heterocycles. The van der Waals surface area contributed by atoms with E-state index in [1.54, 1.807) is 23.0 Å². The number of anilines is 1. The van der Waals surface area contributed by atoms with E-state index in [2.05, 4.69) is 15.5 Å². The van der Waals surface area contributed by atoms with Crippen LogP contribution in [0.4, 0.5) is 5.69 Å². The summed E-state index contributed by atoms with van der Waals surface area (Å²) < 4.78 is 27.1. The molecule has 1 amide bonds. The van der Waals surface area contributed by atoms with Crippen LogP contribution in [-0.4, -0.2) is 47.5 Å². The Morgan fingerprint density at radius 2 is 1.81 bits per heavy atom. The van der Waals surface area contributed by atoms with Crippen LogP contribution in [0.15, 0.2) is 59.8 Å². The molecule has 3 aromatic rings. The normalized spacial score (nSPS) is 11.6. The molecule has 0 fully saturated rings. The van der Waals surface area contributed by atoms with Crippen LogP contribution in [0.5, 0.6) is 0 Å². The number of amides is 1. The fourth-order valence-corrected chi connectivity index (χ4v) is 3.37. The lowest BCUT2D eigenvalue weighted by Crippen LogP contribution is -2.22. The summed E-state index contributed by atoms with van der Waals surface area (Å²) in [5.41, 5.74) is 1.78. The molecule has 8 nitrogen and oxygen atoms in total. The van der Waals surface area contributed by atoms with Crippen LogP contribution in [0, 0.1) is 0 Å². The lowest BCUT2D eigenvalue weighted by atomic mass is 10.1. The number of sulfonamides is 1. The average molecular weight is 385 g/mol. The molecule has 0 aliphatic heterocycles. The van der Waals surface area contributed by atoms with Gasteiger partial charge in [-0.25, -0.2) is 12.7 Å². The summed E-state index contributed by atoms with van der Waals surface area (Å²) in [5.74, 6) is 0.350. The van der Waals surface area contributed by atoms with Crippen LogP contribution in [0.3, 0.4) is 0 Å². The Morgan fingerprint density at radius 1 is 1.11 bits per heavy atom. The van der Waals surface area contributed by atoms with Gasteiger partial charge in [0.15, 0.2) is 5.82 Å². The third-order valence-electron chi connectivity index (χ3n) is 3.99. The van der Waals surface area contributed by atoms with Crippen molar-refractivity contribution in [1.82, 2.24) is 19.1 Å². The summed E-state index contributed by atoms with van der Waals surface area (Å²) in [7, 11) is 1.23. The summed E-state index contributed by atoms with van der Waals surface area (Å²) in [5, 5.41) is 10.7. The highest BCUT2D eigenvalue weighted by Crippen LogP contribution is 2.21. The Balaban J connectivity index is 1.79. The number of hydrogen-bond acceptors (Lipinski definition) is 5. The van der Waals surface area contributed by atoms with Crippen molar-refractivity contribution < 1.29 is 13.2 Å². The molecule has 0 bridgehead atoms. The van der Waals surface area contributed by atoms with E-state index in [9.17, 15) is 13.2 Å². The van der Waals surface area contributed by atoms with Gasteiger partial charge in [0.25, 0.3) is 5.91 Å². The quantitative estimate of drug-likeness (QED) is 0.724. The fourth-order valence-electron chi connectivity index (χ4n) is 2.47. The molecule has 0 saturated carbocycles. The molecule has 0 spiro atoms. The Labute approximate surface area is 157 Å². The standard InChI is InChI=1S/C18H19N5O3S/c1-22(2)27(25,26)16-9-7-13(8-10-16)18(24)20-15-6-4-5-14(11-15)17-21-19-12-23(17)3/h4-12H,1-3H3,(H,20,24). The Kier molecular flexibility index (Phi) is 5.06. The molecule has 0 saturated heterocycles. The van der Waals surface area contributed by atoms with E-state index < -0.39 is 10.0 Å². The Hall–Kier alpha value is -3.04. The van der Waals surface area contributed by atoms with Gasteiger partial charge in [0.2, 0.25) is 10.0 Å². The zero-order valence-corrected chi connectivity index (χ0v) is 15.9. The monoisotopic (exact) mass is 385 g/mol. The predicted octanol–water partition coefficient (Wildman–Crippen LogP) is 1.98. The van der Waals surface area contributed by atoms with Crippen molar-refractivity contribution in [3.8, 4) is 11.4 Å². The topological polar surface area (TPSA) is 97.2 Å². The van der Waals surface area contributed by atoms with Crippen molar-refractivity contribution in [2.45, 2.75) is 4.90 Å². The van der Waals surface area contributed by atoms with Crippen molar-refractivity contribution in [3.63, 3.8) is 0 Å². The first-order valence-corrected chi connectivity index (χ1v) is 9.51. The van der Waals surface area contributed by atoms with Gasteiger partial charge < -0.3 is 9.88 Å². The lowest BCUT2D eigenvalue weighted by molar-refractivity contribution is 0.102. The van der Waals surface area contributed by atoms with E-state index in [0.29, 0.717) is 17.1 Å². The molecule has 0 atom stereocenters. The first-order valence-electron chi connectivity index (χ1n) is 8.07. The molecule has 2 aromatic carbocycles. The molecular formula is C18H19N5O3S. The molecule has 9 heteroatoms. The SMILES string of the molecule is CN(C)S(=O)(=O)c1ccc(C(=O)Nc2cccc(-c3nncn3C)c2)cc1. The van der Waals surface area contributed by atoms with Crippen LogP contribution in [0.1, 0.15) is 10.4 Å². The zero-order chi connectivity index (χ0) is 19.6. The van der Waals surface area contributed by atoms with Gasteiger partial charge in [-0.1, -0.05) is 12.1 Å². The highest BCUT2D eigenvalue weighted by Gasteiger charge is 2.17. The number of benzene rings is 2. The molecule has 0 radical (unpaired) electrons. The summed E-state index contributed by atoms with van der Waals surface area (Å²) in [4.78, 5) is 12.6. The molecule has 3 rings (SSSR count). The number of aryl methyl sites for hydroxylation is 1. The summed E-state index contributed by atoms with van der Waals surface area (Å²) in [6.07, 6.45) is 1.60. The molecule has 0 aliphatic rings. The van der Waals surface area contributed by atoms with Crippen molar-refractivity contribution in [2.24, 2.45) is 7.05 Å². The second-order valence-corrected chi connectivity index (χ2v) is 8.26. The molecule has 0 aliphatic carbocycles. The van der Waals surface area contributed by atoms with Gasteiger partial charge in [-0.05, 0) is 36.4 Å². The smallest absolute Gasteiger partial charge is 0.255 e. The Morgan fingerprint density at radius 3 is 2.41 bits per heavy atom. The molecule has 27 heavy (non-hydrogen) atoms. The maximum absolute atomic E-state index is 12.5. The number of carbonyl (C=O) groups excluding carboxylic acids is 1. The van der Waals surface area contributed by atoms with Crippen LogP contribution in [-0.2, 0) is 17.1 Å². The average Bonchev–Trinajstić information content (AvgIpc) is 3.08. The van der Waals surface area contributed by atoms with E-state index in [1.807, 2.05) is 19.2 Å². The minimum absolute atomic E-state index is 0.133. The van der Waals surface area contributed by atoms with Crippen LogP contribution < -0.4 is 5.32 Å². The highest BCUT2D eigenvalue weighted by atomic mass is 32.2. The van der Waals surface area contributed by atoms with Gasteiger partial charge in [-0.2, -0.15) is 0 Å². The number of aromatic nitrogens is 3. The minimum Gasteiger partial charge on any atom is -0.322 e. The zero-order valence-electron chi connectivity index (χ0n) is 15.1. The van der Waals surface area contributed by atoms with E-state index in [-0.39, 0.29) is 10.8 Å². The van der Waals surface area contributed by atoms with Gasteiger partial charge in [-0.15, -0.1) is 10.2 Å². The maximum atomic E-state index is 12.5. The second-order valence-electron chi connectivity index (χ2n) is 6.11. The first kappa shape index (κ1) is 18.7. The van der Waals surface area contributed by atoms with Crippen molar-refractivity contribution in [1.29, 1.82) is 0 Å². The van der Waals surface area contributed by atoms with Crippen LogP contribution >= 0.6 is 0 Å². The van der Waals surface area contributed by atoms with E-state index >= 15 is 0 Å². The molecule has 140 valence electrons. The molecular weight excluding hydrogens is 366 g/mol. The van der Waals surface area contributed by atoms with Crippen LogP contribution in [0.2, 0.25) is 0 Å².